The van der Waals surface area contributed by atoms with Gasteiger partial charge in [-0.1, -0.05) is 12.1 Å². The van der Waals surface area contributed by atoms with Crippen molar-refractivity contribution in [3.05, 3.63) is 58.7 Å². The van der Waals surface area contributed by atoms with Crippen LogP contribution >= 0.6 is 0 Å². The fourth-order valence-corrected chi connectivity index (χ4v) is 10.3. The summed E-state index contributed by atoms with van der Waals surface area (Å²) in [4.78, 5) is 56.9. The number of ether oxygens (including phenoxy) is 5. The van der Waals surface area contributed by atoms with Crippen molar-refractivity contribution in [1.82, 2.24) is 19.6 Å². The summed E-state index contributed by atoms with van der Waals surface area (Å²) in [6.07, 6.45) is -1.58. The summed E-state index contributed by atoms with van der Waals surface area (Å²) in [5.74, 6) is -1.68. The number of hydrogen-bond acceptors (Lipinski definition) is 12. The molecule has 2 spiro atoms. The zero-order valence-corrected chi connectivity index (χ0v) is 43.2. The molecule has 4 saturated heterocycles. The zero-order chi connectivity index (χ0) is 52.0. The number of carboxylic acid groups (broad SMARTS) is 1. The van der Waals surface area contributed by atoms with Crippen LogP contribution < -0.4 is 28.3 Å². The van der Waals surface area contributed by atoms with Crippen LogP contribution in [0.25, 0.3) is 0 Å². The first-order chi connectivity index (χ1) is 33.0. The third kappa shape index (κ3) is 14.1. The molecule has 2 saturated carbocycles. The molecule has 0 radical (unpaired) electrons. The molecule has 2 N–H and O–H groups in total. The monoisotopic (exact) mass is 1030 g/mol. The normalized spacial score (nSPS) is 20.9. The van der Waals surface area contributed by atoms with Crippen LogP contribution in [0.15, 0.2) is 36.4 Å². The van der Waals surface area contributed by atoms with Crippen molar-refractivity contribution in [3.63, 3.8) is 0 Å². The number of esters is 1. The van der Waals surface area contributed by atoms with Gasteiger partial charge >= 0.3 is 55.3 Å². The van der Waals surface area contributed by atoms with E-state index >= 15 is 0 Å². The SMILES string of the molecule is CC(C)(C)OC(=O)N1CCC2(CCCN2Cc2ccc(C(F)(F)F)cc2OC2(C(=O)O)CC2)CC1.COC(=O)C1(Oc2cc(C(F)(F)F)ccc2CN2CCCC23CCN(C(=O)OC(C)(C)C)CC3)CC1.[Li+].[OH-]. The number of carbonyl (C=O) groups excluding carboxylic acids is 3. The number of carboxylic acids is 1. The largest absolute Gasteiger partial charge is 1.00 e. The van der Waals surface area contributed by atoms with E-state index in [9.17, 15) is 50.6 Å². The van der Waals surface area contributed by atoms with Gasteiger partial charge in [0.1, 0.15) is 22.7 Å². The topological polar surface area (TPSA) is 178 Å². The zero-order valence-electron chi connectivity index (χ0n) is 43.2. The van der Waals surface area contributed by atoms with Crippen molar-refractivity contribution >= 4 is 24.1 Å². The van der Waals surface area contributed by atoms with E-state index in [-0.39, 0.29) is 71.9 Å². The minimum Gasteiger partial charge on any atom is -0.870 e. The van der Waals surface area contributed by atoms with E-state index in [1.54, 1.807) is 9.80 Å². The first kappa shape index (κ1) is 59.5. The number of aliphatic carboxylic acids is 1. The van der Waals surface area contributed by atoms with Gasteiger partial charge in [-0.3, -0.25) is 9.80 Å². The van der Waals surface area contributed by atoms with Crippen molar-refractivity contribution in [1.29, 1.82) is 0 Å². The molecule has 2 aliphatic carbocycles. The van der Waals surface area contributed by atoms with Gasteiger partial charge in [0.2, 0.25) is 11.2 Å². The van der Waals surface area contributed by atoms with Crippen molar-refractivity contribution in [3.8, 4) is 11.5 Å². The molecule has 22 heteroatoms. The van der Waals surface area contributed by atoms with Crippen LogP contribution in [0.2, 0.25) is 0 Å². The van der Waals surface area contributed by atoms with Gasteiger partial charge in [-0.15, -0.1) is 0 Å². The van der Waals surface area contributed by atoms with Gasteiger partial charge in [-0.2, -0.15) is 26.3 Å². The summed E-state index contributed by atoms with van der Waals surface area (Å²) in [5, 5.41) is 9.51. The quantitative estimate of drug-likeness (QED) is 0.111. The van der Waals surface area contributed by atoms with E-state index in [0.717, 1.165) is 88.7 Å². The molecule has 0 bridgehead atoms. The van der Waals surface area contributed by atoms with Gasteiger partial charge in [0, 0.05) is 87.2 Å². The number of likely N-dealkylation sites (tertiary alicyclic amines) is 4. The molecular weight excluding hydrogens is 966 g/mol. The molecule has 6 aliphatic rings. The number of piperidine rings is 2. The van der Waals surface area contributed by atoms with E-state index in [2.05, 4.69) is 9.80 Å². The van der Waals surface area contributed by atoms with E-state index in [4.69, 9.17) is 23.7 Å². The van der Waals surface area contributed by atoms with Crippen molar-refractivity contribution in [2.24, 2.45) is 0 Å². The number of halogens is 6. The second-order valence-corrected chi connectivity index (χ2v) is 22.1. The Morgan fingerprint density at radius 3 is 1.22 bits per heavy atom. The average molecular weight is 1040 g/mol. The standard InChI is InChI=1S/C26H35F3N2O5.C25H33F3N2O5.Li.H2O/c1-23(2,3)36-22(33)30-14-11-24(12-15-30)8-5-13-31(24)17-18-6-7-19(26(27,28)29)16-20(18)35-25(9-10-25)21(32)34-4;1-22(2,3)35-21(33)29-13-10-23(11-14-29)7-4-12-30(23)16-17-5-6-18(25(26,27)28)15-19(17)34-24(8-9-24)20(31)32;;/h6-7,16H,5,8-15,17H2,1-4H3;5-6,15H,4,7-14,16H2,1-3H3,(H,31,32);;1H2/q;;+1;/p-1. The Hall–Kier alpha value is -4.42. The van der Waals surface area contributed by atoms with E-state index in [0.29, 0.717) is 63.2 Å². The maximum atomic E-state index is 13.5. The van der Waals surface area contributed by atoms with Crippen molar-refractivity contribution in [2.75, 3.05) is 46.4 Å². The van der Waals surface area contributed by atoms with Gasteiger partial charge < -0.3 is 44.1 Å². The molecule has 6 fully saturated rings. The number of benzene rings is 2. The Morgan fingerprint density at radius 2 is 0.918 bits per heavy atom. The van der Waals surface area contributed by atoms with Gasteiger partial charge in [-0.05, 0) is 130 Å². The summed E-state index contributed by atoms with van der Waals surface area (Å²) in [6.45, 7) is 15.5. The molecule has 2 amide bonds. The Bertz CT molecular complexity index is 2300. The molecule has 2 aromatic rings. The molecule has 73 heavy (non-hydrogen) atoms. The molecule has 4 heterocycles. The molecular formula is C51H69F6LiN4O11. The number of carbonyl (C=O) groups is 4. The van der Waals surface area contributed by atoms with Crippen molar-refractivity contribution < 1.29 is 98.6 Å². The predicted octanol–water partition coefficient (Wildman–Crippen LogP) is 7.05. The van der Waals surface area contributed by atoms with E-state index < -0.39 is 57.8 Å². The predicted molar refractivity (Wildman–Crippen MR) is 248 cm³/mol. The smallest absolute Gasteiger partial charge is 0.870 e. The van der Waals surface area contributed by atoms with Gasteiger partial charge in [-0.25, -0.2) is 19.2 Å². The molecule has 0 unspecified atom stereocenters. The summed E-state index contributed by atoms with van der Waals surface area (Å²) in [5.41, 5.74) is -4.62. The molecule has 4 aliphatic heterocycles. The summed E-state index contributed by atoms with van der Waals surface area (Å²) < 4.78 is 108. The maximum Gasteiger partial charge on any atom is 1.00 e. The maximum absolute atomic E-state index is 13.5. The van der Waals surface area contributed by atoms with Crippen LogP contribution in [-0.2, 0) is 49.2 Å². The first-order valence-corrected chi connectivity index (χ1v) is 24.6. The van der Waals surface area contributed by atoms with Crippen LogP contribution in [0.1, 0.15) is 141 Å². The van der Waals surface area contributed by atoms with Crippen molar-refractivity contribution in [2.45, 2.75) is 178 Å². The van der Waals surface area contributed by atoms with Gasteiger partial charge in [0.25, 0.3) is 0 Å². The minimum absolute atomic E-state index is 0. The number of nitrogens with zero attached hydrogens (tertiary/aromatic N) is 4. The number of methoxy groups -OCH3 is 1. The number of hydrogen-bond donors (Lipinski definition) is 1. The summed E-state index contributed by atoms with van der Waals surface area (Å²) in [6, 6.07) is 6.85. The molecule has 0 atom stereocenters. The average Bonchev–Trinajstić information content (AvgIpc) is 4.18. The van der Waals surface area contributed by atoms with E-state index in [1.807, 2.05) is 41.5 Å². The Morgan fingerprint density at radius 1 is 0.562 bits per heavy atom. The molecule has 2 aromatic carbocycles. The molecule has 0 aromatic heterocycles. The fourth-order valence-electron chi connectivity index (χ4n) is 10.3. The Kier molecular flexibility index (Phi) is 18.0. The van der Waals surface area contributed by atoms with Crippen LogP contribution in [0, 0.1) is 0 Å². The number of alkyl halides is 6. The number of rotatable bonds is 10. The van der Waals surface area contributed by atoms with E-state index in [1.165, 1.54) is 19.2 Å². The van der Waals surface area contributed by atoms with Crippen LogP contribution in [0.4, 0.5) is 35.9 Å². The van der Waals surface area contributed by atoms with Crippen LogP contribution in [0.5, 0.6) is 11.5 Å². The third-order valence-electron chi connectivity index (χ3n) is 14.7. The summed E-state index contributed by atoms with van der Waals surface area (Å²) in [7, 11) is 1.25. The Labute approximate surface area is 435 Å². The first-order valence-electron chi connectivity index (χ1n) is 24.6. The molecule has 402 valence electrons. The molecule has 15 nitrogen and oxygen atoms in total. The third-order valence-corrected chi connectivity index (χ3v) is 14.7. The second-order valence-electron chi connectivity index (χ2n) is 22.1. The van der Waals surface area contributed by atoms with Crippen LogP contribution in [-0.4, -0.2) is 134 Å². The van der Waals surface area contributed by atoms with Gasteiger partial charge in [0.15, 0.2) is 0 Å². The molecule has 8 rings (SSSR count). The van der Waals surface area contributed by atoms with Gasteiger partial charge in [0.05, 0.1) is 18.2 Å². The summed E-state index contributed by atoms with van der Waals surface area (Å²) >= 11 is 0. The van der Waals surface area contributed by atoms with Crippen LogP contribution in [0.3, 0.4) is 0 Å². The minimum atomic E-state index is -4.56. The second kappa shape index (κ2) is 22.0. The Balaban J connectivity index is 0.000000264. The fraction of sp³-hybridized carbons (Fsp3) is 0.686. The number of amides is 2.